The highest BCUT2D eigenvalue weighted by Gasteiger charge is 2.12. The Hall–Kier alpha value is -1.50. The molecule has 0 spiro atoms. The maximum absolute atomic E-state index is 6.06. The third-order valence-corrected chi connectivity index (χ3v) is 4.84. The van der Waals surface area contributed by atoms with Gasteiger partial charge in [0.2, 0.25) is 5.16 Å². The fraction of sp³-hybridized carbons (Fsp3) is 0.125. The van der Waals surface area contributed by atoms with E-state index in [9.17, 15) is 0 Å². The van der Waals surface area contributed by atoms with Crippen LogP contribution in [0.1, 0.15) is 5.56 Å². The smallest absolute Gasteiger partial charge is 0.209 e. The predicted octanol–water partition coefficient (Wildman–Crippen LogP) is 5.19. The van der Waals surface area contributed by atoms with Crippen molar-refractivity contribution in [3.8, 4) is 17.1 Å². The minimum atomic E-state index is 0.626. The number of nitrogens with zero attached hydrogens (tertiary/aromatic N) is 2. The second kappa shape index (κ2) is 7.38. The molecule has 0 amide bonds. The van der Waals surface area contributed by atoms with Gasteiger partial charge in [0, 0.05) is 15.2 Å². The molecule has 1 aromatic heterocycles. The molecule has 4 nitrogen and oxygen atoms in total. The van der Waals surface area contributed by atoms with Crippen LogP contribution in [0, 0.1) is 0 Å². The molecule has 0 unspecified atom stereocenters. The van der Waals surface area contributed by atoms with Crippen LogP contribution in [0.25, 0.3) is 11.4 Å². The van der Waals surface area contributed by atoms with Gasteiger partial charge in [0.15, 0.2) is 5.82 Å². The molecule has 0 radical (unpaired) electrons. The van der Waals surface area contributed by atoms with Crippen molar-refractivity contribution in [3.63, 3.8) is 0 Å². The summed E-state index contributed by atoms with van der Waals surface area (Å²) in [5, 5.41) is 8.50. The van der Waals surface area contributed by atoms with E-state index in [1.165, 1.54) is 5.56 Å². The van der Waals surface area contributed by atoms with Crippen molar-refractivity contribution in [2.24, 2.45) is 0 Å². The molecule has 1 heterocycles. The normalized spacial score (nSPS) is 10.7. The maximum atomic E-state index is 6.06. The Balaban J connectivity index is 1.75. The lowest BCUT2D eigenvalue weighted by atomic mass is 10.2. The number of ether oxygens (including phenoxy) is 1. The summed E-state index contributed by atoms with van der Waals surface area (Å²) in [6, 6.07) is 13.6. The third kappa shape index (κ3) is 4.07. The van der Waals surface area contributed by atoms with Crippen LogP contribution in [-0.4, -0.2) is 22.3 Å². The minimum Gasteiger partial charge on any atom is -0.496 e. The quantitative estimate of drug-likeness (QED) is 0.588. The summed E-state index contributed by atoms with van der Waals surface area (Å²) in [5.41, 5.74) is 2.01. The first-order chi connectivity index (χ1) is 11.2. The van der Waals surface area contributed by atoms with Gasteiger partial charge in [-0.3, -0.25) is 5.10 Å². The van der Waals surface area contributed by atoms with Gasteiger partial charge < -0.3 is 4.74 Å². The molecule has 118 valence electrons. The average molecular weight is 411 g/mol. The number of hydrogen-bond acceptors (Lipinski definition) is 4. The number of aromatic amines is 1. The lowest BCUT2D eigenvalue weighted by molar-refractivity contribution is 0.416. The van der Waals surface area contributed by atoms with Crippen molar-refractivity contribution in [3.05, 3.63) is 57.5 Å². The fourth-order valence-corrected chi connectivity index (χ4v) is 3.22. The second-order valence-corrected chi connectivity index (χ2v) is 7.02. The van der Waals surface area contributed by atoms with Gasteiger partial charge in [-0.1, -0.05) is 51.4 Å². The lowest BCUT2D eigenvalue weighted by Crippen LogP contribution is -1.89. The Morgan fingerprint density at radius 3 is 2.74 bits per heavy atom. The van der Waals surface area contributed by atoms with E-state index >= 15 is 0 Å². The fourth-order valence-electron chi connectivity index (χ4n) is 2.03. The first kappa shape index (κ1) is 16.4. The van der Waals surface area contributed by atoms with Gasteiger partial charge in [0.05, 0.1) is 12.7 Å². The van der Waals surface area contributed by atoms with E-state index in [0.29, 0.717) is 21.8 Å². The predicted molar refractivity (Wildman–Crippen MR) is 97.1 cm³/mol. The topological polar surface area (TPSA) is 50.8 Å². The molecule has 0 saturated heterocycles. The molecular weight excluding hydrogens is 398 g/mol. The number of thioether (sulfide) groups is 1. The molecule has 0 saturated carbocycles. The second-order valence-electron chi connectivity index (χ2n) is 4.73. The molecule has 7 heteroatoms. The average Bonchev–Trinajstić information content (AvgIpc) is 3.03. The zero-order valence-electron chi connectivity index (χ0n) is 12.2. The van der Waals surface area contributed by atoms with E-state index in [4.69, 9.17) is 16.3 Å². The number of hydrogen-bond donors (Lipinski definition) is 1. The molecule has 2 aromatic carbocycles. The van der Waals surface area contributed by atoms with Gasteiger partial charge in [-0.05, 0) is 35.9 Å². The van der Waals surface area contributed by atoms with Crippen LogP contribution in [0.5, 0.6) is 5.75 Å². The van der Waals surface area contributed by atoms with E-state index in [-0.39, 0.29) is 0 Å². The van der Waals surface area contributed by atoms with E-state index < -0.39 is 0 Å². The molecule has 0 atom stereocenters. The van der Waals surface area contributed by atoms with Crippen molar-refractivity contribution < 1.29 is 4.74 Å². The molecule has 3 rings (SSSR count). The molecule has 23 heavy (non-hydrogen) atoms. The molecular formula is C16H13BrClN3OS. The van der Waals surface area contributed by atoms with Gasteiger partial charge in [0.25, 0.3) is 0 Å². The van der Waals surface area contributed by atoms with E-state index in [1.54, 1.807) is 24.9 Å². The molecule has 3 aromatic rings. The monoisotopic (exact) mass is 409 g/mol. The Morgan fingerprint density at radius 2 is 2.00 bits per heavy atom. The van der Waals surface area contributed by atoms with Gasteiger partial charge in [-0.15, -0.1) is 5.10 Å². The number of halogens is 2. The number of benzene rings is 2. The number of rotatable bonds is 5. The standard InChI is InChI=1S/C16H13BrClN3OS/c1-22-14-7-6-12(18)8-13(14)15-19-16(21-20-15)23-9-10-2-4-11(17)5-3-10/h2-8H,9H2,1H3,(H,19,20,21). The summed E-state index contributed by atoms with van der Waals surface area (Å²) < 4.78 is 6.42. The first-order valence-corrected chi connectivity index (χ1v) is 8.95. The maximum Gasteiger partial charge on any atom is 0.209 e. The van der Waals surface area contributed by atoms with Crippen LogP contribution in [0.3, 0.4) is 0 Å². The molecule has 1 N–H and O–H groups in total. The largest absolute Gasteiger partial charge is 0.496 e. The van der Waals surface area contributed by atoms with Crippen LogP contribution in [0.15, 0.2) is 52.1 Å². The number of nitrogens with one attached hydrogen (secondary N) is 1. The van der Waals surface area contributed by atoms with Crippen molar-refractivity contribution in [2.45, 2.75) is 10.9 Å². The van der Waals surface area contributed by atoms with Crippen molar-refractivity contribution >= 4 is 39.3 Å². The Labute approximate surface area is 151 Å². The zero-order chi connectivity index (χ0) is 16.2. The van der Waals surface area contributed by atoms with Crippen LogP contribution < -0.4 is 4.74 Å². The molecule has 0 fully saturated rings. The SMILES string of the molecule is COc1ccc(Cl)cc1-c1nc(SCc2ccc(Br)cc2)n[nH]1. The van der Waals surface area contributed by atoms with Crippen LogP contribution >= 0.6 is 39.3 Å². The van der Waals surface area contributed by atoms with Crippen LogP contribution in [0.2, 0.25) is 5.02 Å². The highest BCUT2D eigenvalue weighted by Crippen LogP contribution is 2.31. The van der Waals surface area contributed by atoms with E-state index in [0.717, 1.165) is 15.8 Å². The van der Waals surface area contributed by atoms with Gasteiger partial charge in [0.1, 0.15) is 5.75 Å². The third-order valence-electron chi connectivity index (χ3n) is 3.16. The van der Waals surface area contributed by atoms with Crippen molar-refractivity contribution in [1.29, 1.82) is 0 Å². The highest BCUT2D eigenvalue weighted by molar-refractivity contribution is 9.10. The summed E-state index contributed by atoms with van der Waals surface area (Å²) in [6.45, 7) is 0. The van der Waals surface area contributed by atoms with Gasteiger partial charge >= 0.3 is 0 Å². The van der Waals surface area contributed by atoms with Crippen molar-refractivity contribution in [2.75, 3.05) is 7.11 Å². The number of methoxy groups -OCH3 is 1. The summed E-state index contributed by atoms with van der Waals surface area (Å²) in [4.78, 5) is 4.51. The van der Waals surface area contributed by atoms with Gasteiger partial charge in [-0.2, -0.15) is 0 Å². The van der Waals surface area contributed by atoms with Crippen LogP contribution in [0.4, 0.5) is 0 Å². The van der Waals surface area contributed by atoms with Gasteiger partial charge in [-0.25, -0.2) is 4.98 Å². The minimum absolute atomic E-state index is 0.626. The summed E-state index contributed by atoms with van der Waals surface area (Å²) in [5.74, 6) is 2.15. The molecule has 0 aliphatic heterocycles. The first-order valence-electron chi connectivity index (χ1n) is 6.79. The molecule has 0 aliphatic rings. The Bertz CT molecular complexity index is 807. The Kier molecular flexibility index (Phi) is 5.25. The Morgan fingerprint density at radius 1 is 1.22 bits per heavy atom. The van der Waals surface area contributed by atoms with E-state index in [2.05, 4.69) is 43.2 Å². The summed E-state index contributed by atoms with van der Waals surface area (Å²) >= 11 is 11.1. The summed E-state index contributed by atoms with van der Waals surface area (Å²) in [6.07, 6.45) is 0. The van der Waals surface area contributed by atoms with Crippen molar-refractivity contribution in [1.82, 2.24) is 15.2 Å². The lowest BCUT2D eigenvalue weighted by Gasteiger charge is -2.05. The summed E-state index contributed by atoms with van der Waals surface area (Å²) in [7, 11) is 1.62. The number of H-pyrrole nitrogens is 1. The number of aromatic nitrogens is 3. The highest BCUT2D eigenvalue weighted by atomic mass is 79.9. The van der Waals surface area contributed by atoms with E-state index in [1.807, 2.05) is 24.3 Å². The van der Waals surface area contributed by atoms with Crippen LogP contribution in [-0.2, 0) is 5.75 Å². The molecule has 0 aliphatic carbocycles. The molecule has 0 bridgehead atoms. The zero-order valence-corrected chi connectivity index (χ0v) is 15.4.